The largest absolute Gasteiger partial charge is 0.451 e. The quantitative estimate of drug-likeness (QED) is 0.905. The highest BCUT2D eigenvalue weighted by Gasteiger charge is 2.35. The molecule has 0 fully saturated rings. The third-order valence-electron chi connectivity index (χ3n) is 2.73. The Morgan fingerprint density at radius 2 is 2.00 bits per heavy atom. The van der Waals surface area contributed by atoms with Crippen LogP contribution in [0.3, 0.4) is 0 Å². The van der Waals surface area contributed by atoms with Gasteiger partial charge in [-0.05, 0) is 24.1 Å². The van der Waals surface area contributed by atoms with E-state index in [4.69, 9.17) is 5.26 Å². The molecule has 6 nitrogen and oxygen atoms in total. The molecule has 2 rings (SSSR count). The van der Waals surface area contributed by atoms with E-state index in [1.807, 2.05) is 6.07 Å². The van der Waals surface area contributed by atoms with Crippen LogP contribution < -0.4 is 5.32 Å². The average molecular weight is 309 g/mol. The number of H-pyrrole nitrogens is 1. The van der Waals surface area contributed by atoms with E-state index in [0.717, 1.165) is 5.56 Å². The molecule has 0 aliphatic carbocycles. The Hall–Kier alpha value is -2.89. The zero-order valence-corrected chi connectivity index (χ0v) is 11.1. The lowest BCUT2D eigenvalue weighted by Crippen LogP contribution is -2.14. The number of alkyl halides is 3. The van der Waals surface area contributed by atoms with Crippen LogP contribution in [-0.4, -0.2) is 21.1 Å². The third-order valence-corrected chi connectivity index (χ3v) is 2.73. The normalized spacial score (nSPS) is 11.0. The maximum atomic E-state index is 12.3. The first-order chi connectivity index (χ1) is 10.4. The lowest BCUT2D eigenvalue weighted by atomic mass is 10.1. The van der Waals surface area contributed by atoms with E-state index in [0.29, 0.717) is 12.0 Å². The minimum atomic E-state index is -4.64. The number of halogens is 3. The molecule has 0 atom stereocenters. The second kappa shape index (κ2) is 6.26. The third kappa shape index (κ3) is 4.05. The minimum absolute atomic E-state index is 0.0573. The lowest BCUT2D eigenvalue weighted by molar-refractivity contribution is -0.144. The van der Waals surface area contributed by atoms with Crippen LogP contribution in [0.25, 0.3) is 0 Å². The number of carbonyl (C=O) groups excluding carboxylic acids is 1. The van der Waals surface area contributed by atoms with Crippen LogP contribution in [0.15, 0.2) is 24.3 Å². The number of benzene rings is 1. The molecule has 22 heavy (non-hydrogen) atoms. The molecule has 0 saturated carbocycles. The molecule has 0 spiro atoms. The van der Waals surface area contributed by atoms with Gasteiger partial charge in [-0.3, -0.25) is 15.2 Å². The van der Waals surface area contributed by atoms with Crippen LogP contribution in [0.1, 0.15) is 23.4 Å². The van der Waals surface area contributed by atoms with Gasteiger partial charge in [0.2, 0.25) is 17.7 Å². The number of anilines is 1. The molecule has 2 aromatic rings. The average Bonchev–Trinajstić information content (AvgIpc) is 2.94. The second-order valence-corrected chi connectivity index (χ2v) is 4.36. The first-order valence-electron chi connectivity index (χ1n) is 6.17. The van der Waals surface area contributed by atoms with Crippen molar-refractivity contribution in [1.82, 2.24) is 15.2 Å². The van der Waals surface area contributed by atoms with Gasteiger partial charge >= 0.3 is 6.18 Å². The van der Waals surface area contributed by atoms with Gasteiger partial charge in [0.25, 0.3) is 0 Å². The zero-order chi connectivity index (χ0) is 16.2. The number of hydrogen-bond acceptors (Lipinski definition) is 4. The van der Waals surface area contributed by atoms with Crippen LogP contribution in [0.5, 0.6) is 0 Å². The fourth-order valence-corrected chi connectivity index (χ4v) is 1.64. The van der Waals surface area contributed by atoms with Crippen LogP contribution in [-0.2, 0) is 17.4 Å². The highest BCUT2D eigenvalue weighted by atomic mass is 19.4. The standard InChI is InChI=1S/C13H10F3N5O/c14-13(15,16)11-19-12(21-20-11)18-10(22)6-5-8-1-3-9(7-17)4-2-8/h1-4H,5-6H2,(H2,18,19,20,21,22). The number of nitrogens with zero attached hydrogens (tertiary/aromatic N) is 3. The predicted octanol–water partition coefficient (Wildman–Crippen LogP) is 2.27. The van der Waals surface area contributed by atoms with Gasteiger partial charge in [0.05, 0.1) is 11.6 Å². The van der Waals surface area contributed by atoms with Gasteiger partial charge in [-0.25, -0.2) is 0 Å². The van der Waals surface area contributed by atoms with Crippen LogP contribution in [0.2, 0.25) is 0 Å². The molecule has 9 heteroatoms. The summed E-state index contributed by atoms with van der Waals surface area (Å²) >= 11 is 0. The van der Waals surface area contributed by atoms with Crippen molar-refractivity contribution in [2.45, 2.75) is 19.0 Å². The summed E-state index contributed by atoms with van der Waals surface area (Å²) in [6.45, 7) is 0. The molecule has 0 bridgehead atoms. The van der Waals surface area contributed by atoms with Crippen molar-refractivity contribution >= 4 is 11.9 Å². The monoisotopic (exact) mass is 309 g/mol. The molecule has 0 aliphatic rings. The predicted molar refractivity (Wildman–Crippen MR) is 69.5 cm³/mol. The van der Waals surface area contributed by atoms with Gasteiger partial charge < -0.3 is 0 Å². The Bertz CT molecular complexity index is 700. The number of nitriles is 1. The van der Waals surface area contributed by atoms with E-state index in [1.165, 1.54) is 0 Å². The number of rotatable bonds is 4. The van der Waals surface area contributed by atoms with E-state index in [1.54, 1.807) is 29.4 Å². The summed E-state index contributed by atoms with van der Waals surface area (Å²) in [6, 6.07) is 8.64. The van der Waals surface area contributed by atoms with Gasteiger partial charge in [0.15, 0.2) is 0 Å². The van der Waals surface area contributed by atoms with Crippen molar-refractivity contribution in [3.05, 3.63) is 41.2 Å². The summed E-state index contributed by atoms with van der Waals surface area (Å²) in [5, 5.41) is 15.8. The summed E-state index contributed by atoms with van der Waals surface area (Å²) in [6.07, 6.45) is -4.20. The molecule has 1 heterocycles. The summed E-state index contributed by atoms with van der Waals surface area (Å²) in [4.78, 5) is 14.8. The molecule has 0 saturated heterocycles. The fourth-order valence-electron chi connectivity index (χ4n) is 1.64. The molecule has 2 N–H and O–H groups in total. The summed E-state index contributed by atoms with van der Waals surface area (Å²) in [5.41, 5.74) is 1.34. The molecule has 1 aromatic carbocycles. The van der Waals surface area contributed by atoms with Gasteiger partial charge in [0.1, 0.15) is 0 Å². The first kappa shape index (κ1) is 15.5. The van der Waals surface area contributed by atoms with Crippen LogP contribution in [0, 0.1) is 11.3 Å². The van der Waals surface area contributed by atoms with Crippen molar-refractivity contribution in [2.75, 3.05) is 5.32 Å². The Balaban J connectivity index is 1.87. The highest BCUT2D eigenvalue weighted by Crippen LogP contribution is 2.26. The number of hydrogen-bond donors (Lipinski definition) is 2. The lowest BCUT2D eigenvalue weighted by Gasteiger charge is -2.02. The molecule has 1 aromatic heterocycles. The van der Waals surface area contributed by atoms with Crippen molar-refractivity contribution in [3.63, 3.8) is 0 Å². The molecule has 0 unspecified atom stereocenters. The molecule has 0 radical (unpaired) electrons. The maximum absolute atomic E-state index is 12.3. The van der Waals surface area contributed by atoms with Gasteiger partial charge in [-0.1, -0.05) is 12.1 Å². The fraction of sp³-hybridized carbons (Fsp3) is 0.231. The SMILES string of the molecule is N#Cc1ccc(CCC(=O)Nc2n[nH]c(C(F)(F)F)n2)cc1. The molecule has 1 amide bonds. The van der Waals surface area contributed by atoms with E-state index in [2.05, 4.69) is 15.4 Å². The Morgan fingerprint density at radius 1 is 1.32 bits per heavy atom. The van der Waals surface area contributed by atoms with Gasteiger partial charge in [-0.2, -0.15) is 23.4 Å². The van der Waals surface area contributed by atoms with E-state index in [9.17, 15) is 18.0 Å². The maximum Gasteiger partial charge on any atom is 0.451 e. The van der Waals surface area contributed by atoms with Gasteiger partial charge in [-0.15, -0.1) is 5.10 Å². The van der Waals surface area contributed by atoms with Gasteiger partial charge in [0, 0.05) is 6.42 Å². The smallest absolute Gasteiger partial charge is 0.293 e. The molecular weight excluding hydrogens is 299 g/mol. The zero-order valence-electron chi connectivity index (χ0n) is 11.1. The topological polar surface area (TPSA) is 94.5 Å². The second-order valence-electron chi connectivity index (χ2n) is 4.36. The summed E-state index contributed by atoms with van der Waals surface area (Å²) in [5.74, 6) is -2.19. The highest BCUT2D eigenvalue weighted by molar-refractivity contribution is 5.89. The Labute approximate surface area is 123 Å². The Morgan fingerprint density at radius 3 is 2.55 bits per heavy atom. The number of aromatic amines is 1. The van der Waals surface area contributed by atoms with Crippen molar-refractivity contribution in [2.24, 2.45) is 0 Å². The Kier molecular flexibility index (Phi) is 4.41. The van der Waals surface area contributed by atoms with Crippen LogP contribution in [0.4, 0.5) is 19.1 Å². The number of amides is 1. The van der Waals surface area contributed by atoms with E-state index in [-0.39, 0.29) is 6.42 Å². The first-order valence-corrected chi connectivity index (χ1v) is 6.17. The molecule has 0 aliphatic heterocycles. The van der Waals surface area contributed by atoms with E-state index < -0.39 is 23.9 Å². The van der Waals surface area contributed by atoms with Crippen molar-refractivity contribution in [3.8, 4) is 6.07 Å². The van der Waals surface area contributed by atoms with Crippen LogP contribution >= 0.6 is 0 Å². The minimum Gasteiger partial charge on any atom is -0.293 e. The summed E-state index contributed by atoms with van der Waals surface area (Å²) in [7, 11) is 0. The molecule has 114 valence electrons. The number of aryl methyl sites for hydroxylation is 1. The molecular formula is C13H10F3N5O. The van der Waals surface area contributed by atoms with E-state index >= 15 is 0 Å². The van der Waals surface area contributed by atoms with Crippen molar-refractivity contribution < 1.29 is 18.0 Å². The number of aromatic nitrogens is 3. The summed E-state index contributed by atoms with van der Waals surface area (Å²) < 4.78 is 36.9. The number of carbonyl (C=O) groups is 1. The number of nitrogens with one attached hydrogen (secondary N) is 2. The van der Waals surface area contributed by atoms with Crippen molar-refractivity contribution in [1.29, 1.82) is 5.26 Å².